The second kappa shape index (κ2) is 5.78. The van der Waals surface area contributed by atoms with Gasteiger partial charge in [0.15, 0.2) is 0 Å². The molecule has 1 aliphatic heterocycles. The van der Waals surface area contributed by atoms with Crippen LogP contribution in [0.4, 0.5) is 11.4 Å². The summed E-state index contributed by atoms with van der Waals surface area (Å²) < 4.78 is 0. The molecule has 1 aliphatic rings. The summed E-state index contributed by atoms with van der Waals surface area (Å²) in [5.74, 6) is -1.53. The zero-order valence-electron chi connectivity index (χ0n) is 11.4. The predicted molar refractivity (Wildman–Crippen MR) is 74.5 cm³/mol. The SMILES string of the molecule is CNC(=O)C1CCCN1c1c(C(=O)O)cccc1[N+](=O)[O-]. The van der Waals surface area contributed by atoms with E-state index >= 15 is 0 Å². The molecule has 0 aromatic heterocycles. The topological polar surface area (TPSA) is 113 Å². The van der Waals surface area contributed by atoms with Crippen LogP contribution in [0.25, 0.3) is 0 Å². The van der Waals surface area contributed by atoms with E-state index in [9.17, 15) is 24.8 Å². The van der Waals surface area contributed by atoms with E-state index in [1.165, 1.54) is 30.1 Å². The summed E-state index contributed by atoms with van der Waals surface area (Å²) in [6, 6.07) is 3.30. The normalized spacial score (nSPS) is 17.6. The van der Waals surface area contributed by atoms with Gasteiger partial charge in [-0.05, 0) is 18.9 Å². The summed E-state index contributed by atoms with van der Waals surface area (Å²) in [7, 11) is 1.48. The molecule has 0 spiro atoms. The highest BCUT2D eigenvalue weighted by Crippen LogP contribution is 2.36. The van der Waals surface area contributed by atoms with Crippen LogP contribution in [0.2, 0.25) is 0 Å². The van der Waals surface area contributed by atoms with Crippen molar-refractivity contribution < 1.29 is 19.6 Å². The molecular formula is C13H15N3O5. The number of nitro groups is 1. The van der Waals surface area contributed by atoms with Crippen LogP contribution in [-0.2, 0) is 4.79 Å². The summed E-state index contributed by atoms with van der Waals surface area (Å²) in [6.07, 6.45) is 1.20. The lowest BCUT2D eigenvalue weighted by molar-refractivity contribution is -0.384. The molecule has 0 aliphatic carbocycles. The monoisotopic (exact) mass is 293 g/mol. The van der Waals surface area contributed by atoms with Gasteiger partial charge in [0, 0.05) is 19.7 Å². The molecular weight excluding hydrogens is 278 g/mol. The Balaban J connectivity index is 2.57. The van der Waals surface area contributed by atoms with E-state index in [0.29, 0.717) is 19.4 Å². The average Bonchev–Trinajstić information content (AvgIpc) is 2.94. The van der Waals surface area contributed by atoms with Crippen molar-refractivity contribution in [2.75, 3.05) is 18.5 Å². The zero-order valence-corrected chi connectivity index (χ0v) is 11.4. The maximum atomic E-state index is 11.9. The minimum atomic E-state index is -1.25. The van der Waals surface area contributed by atoms with Gasteiger partial charge in [0.1, 0.15) is 11.7 Å². The molecule has 2 rings (SSSR count). The van der Waals surface area contributed by atoms with E-state index in [0.717, 1.165) is 0 Å². The Kier molecular flexibility index (Phi) is 4.06. The van der Waals surface area contributed by atoms with E-state index in [4.69, 9.17) is 0 Å². The number of carbonyl (C=O) groups is 2. The van der Waals surface area contributed by atoms with Gasteiger partial charge in [-0.25, -0.2) is 4.79 Å². The quantitative estimate of drug-likeness (QED) is 0.632. The summed E-state index contributed by atoms with van der Waals surface area (Å²) in [4.78, 5) is 35.3. The van der Waals surface area contributed by atoms with E-state index in [1.807, 2.05) is 0 Å². The number of hydrogen-bond donors (Lipinski definition) is 2. The maximum Gasteiger partial charge on any atom is 0.338 e. The number of carboxylic acids is 1. The van der Waals surface area contributed by atoms with Crippen molar-refractivity contribution in [2.24, 2.45) is 0 Å². The smallest absolute Gasteiger partial charge is 0.338 e. The number of benzene rings is 1. The number of hydrogen-bond acceptors (Lipinski definition) is 5. The fourth-order valence-corrected chi connectivity index (χ4v) is 2.63. The highest BCUT2D eigenvalue weighted by Gasteiger charge is 2.36. The molecule has 8 nitrogen and oxygen atoms in total. The number of nitrogens with one attached hydrogen (secondary N) is 1. The minimum Gasteiger partial charge on any atom is -0.478 e. The van der Waals surface area contributed by atoms with Crippen molar-refractivity contribution >= 4 is 23.3 Å². The first kappa shape index (κ1) is 14.8. The predicted octanol–water partition coefficient (Wildman–Crippen LogP) is 1.01. The number of carbonyl (C=O) groups excluding carboxylic acids is 1. The van der Waals surface area contributed by atoms with Crippen molar-refractivity contribution in [3.05, 3.63) is 33.9 Å². The highest BCUT2D eigenvalue weighted by molar-refractivity contribution is 5.99. The van der Waals surface area contributed by atoms with Crippen LogP contribution in [0.3, 0.4) is 0 Å². The van der Waals surface area contributed by atoms with Gasteiger partial charge in [0.05, 0.1) is 10.5 Å². The molecule has 1 aromatic carbocycles. The Labute approximate surface area is 120 Å². The van der Waals surface area contributed by atoms with E-state index < -0.39 is 16.9 Å². The molecule has 0 saturated carbocycles. The largest absolute Gasteiger partial charge is 0.478 e. The molecule has 1 heterocycles. The lowest BCUT2D eigenvalue weighted by atomic mass is 10.1. The van der Waals surface area contributed by atoms with Crippen LogP contribution in [0.15, 0.2) is 18.2 Å². The van der Waals surface area contributed by atoms with Crippen molar-refractivity contribution in [1.82, 2.24) is 5.32 Å². The number of para-hydroxylation sites is 1. The zero-order chi connectivity index (χ0) is 15.6. The Morgan fingerprint density at radius 2 is 2.19 bits per heavy atom. The van der Waals surface area contributed by atoms with Crippen LogP contribution in [0, 0.1) is 10.1 Å². The highest BCUT2D eigenvalue weighted by atomic mass is 16.6. The van der Waals surface area contributed by atoms with Crippen molar-refractivity contribution in [3.63, 3.8) is 0 Å². The van der Waals surface area contributed by atoms with Gasteiger partial charge >= 0.3 is 5.97 Å². The standard InChI is InChI=1S/C13H15N3O5/c1-14-12(17)10-6-3-7-15(10)11-8(13(18)19)4-2-5-9(11)16(20)21/h2,4-5,10H,3,6-7H2,1H3,(H,14,17)(H,18,19). The van der Waals surface area contributed by atoms with Gasteiger partial charge in [-0.15, -0.1) is 0 Å². The van der Waals surface area contributed by atoms with Crippen LogP contribution in [0.5, 0.6) is 0 Å². The second-order valence-electron chi connectivity index (χ2n) is 4.70. The summed E-state index contributed by atoms with van der Waals surface area (Å²) in [5, 5.41) is 23.0. The molecule has 1 unspecified atom stereocenters. The average molecular weight is 293 g/mol. The molecule has 0 bridgehead atoms. The minimum absolute atomic E-state index is 0.00102. The molecule has 2 N–H and O–H groups in total. The van der Waals surface area contributed by atoms with Crippen LogP contribution >= 0.6 is 0 Å². The number of aromatic carboxylic acids is 1. The van der Waals surface area contributed by atoms with E-state index in [2.05, 4.69) is 5.32 Å². The Morgan fingerprint density at radius 3 is 2.76 bits per heavy atom. The lowest BCUT2D eigenvalue weighted by Gasteiger charge is -2.26. The van der Waals surface area contributed by atoms with E-state index in [-0.39, 0.29) is 22.8 Å². The Hall–Kier alpha value is -2.64. The fraction of sp³-hybridized carbons (Fsp3) is 0.385. The summed E-state index contributed by atoms with van der Waals surface area (Å²) >= 11 is 0. The number of anilines is 1. The second-order valence-corrected chi connectivity index (χ2v) is 4.70. The first-order valence-electron chi connectivity index (χ1n) is 6.46. The molecule has 8 heteroatoms. The first-order chi connectivity index (χ1) is 9.97. The third-order valence-electron chi connectivity index (χ3n) is 3.53. The van der Waals surface area contributed by atoms with Gasteiger partial charge in [-0.3, -0.25) is 14.9 Å². The number of rotatable bonds is 4. The molecule has 0 radical (unpaired) electrons. The number of amides is 1. The lowest BCUT2D eigenvalue weighted by Crippen LogP contribution is -2.42. The third kappa shape index (κ3) is 2.64. The van der Waals surface area contributed by atoms with Crippen LogP contribution in [-0.4, -0.2) is 41.5 Å². The van der Waals surface area contributed by atoms with Gasteiger partial charge < -0.3 is 15.3 Å². The molecule has 1 amide bonds. The van der Waals surface area contributed by atoms with Gasteiger partial charge in [0.2, 0.25) is 5.91 Å². The third-order valence-corrected chi connectivity index (χ3v) is 3.53. The Bertz CT molecular complexity index is 569. The molecule has 1 atom stereocenters. The number of nitro benzene ring substituents is 1. The molecule has 112 valence electrons. The van der Waals surface area contributed by atoms with Gasteiger partial charge in [-0.1, -0.05) is 6.07 Å². The van der Waals surface area contributed by atoms with E-state index in [1.54, 1.807) is 0 Å². The fourth-order valence-electron chi connectivity index (χ4n) is 2.63. The molecule has 1 saturated heterocycles. The summed E-state index contributed by atoms with van der Waals surface area (Å²) in [5.41, 5.74) is -0.466. The Morgan fingerprint density at radius 1 is 1.48 bits per heavy atom. The van der Waals surface area contributed by atoms with Crippen molar-refractivity contribution in [2.45, 2.75) is 18.9 Å². The number of likely N-dealkylation sites (N-methyl/N-ethyl adjacent to an activating group) is 1. The van der Waals surface area contributed by atoms with Crippen LogP contribution < -0.4 is 10.2 Å². The molecule has 1 aromatic rings. The van der Waals surface area contributed by atoms with Crippen LogP contribution in [0.1, 0.15) is 23.2 Å². The first-order valence-corrected chi connectivity index (χ1v) is 6.46. The number of nitrogens with zero attached hydrogens (tertiary/aromatic N) is 2. The van der Waals surface area contributed by atoms with Crippen molar-refractivity contribution in [3.8, 4) is 0 Å². The number of carboxylic acid groups (broad SMARTS) is 1. The van der Waals surface area contributed by atoms with Gasteiger partial charge in [-0.2, -0.15) is 0 Å². The van der Waals surface area contributed by atoms with Gasteiger partial charge in [0.25, 0.3) is 5.69 Å². The molecule has 21 heavy (non-hydrogen) atoms. The maximum absolute atomic E-state index is 11.9. The molecule has 1 fully saturated rings. The summed E-state index contributed by atoms with van der Waals surface area (Å²) in [6.45, 7) is 0.406. The van der Waals surface area contributed by atoms with Crippen molar-refractivity contribution in [1.29, 1.82) is 0 Å².